The Hall–Kier alpha value is -0.580. The highest BCUT2D eigenvalue weighted by atomic mass is 32.2. The largest absolute Gasteiger partial charge is 0.270 e. The number of rotatable bonds is 2. The number of hydrogen-bond donors (Lipinski definition) is 0. The molecule has 0 aromatic heterocycles. The van der Waals surface area contributed by atoms with E-state index in [1.807, 2.05) is 27.7 Å². The van der Waals surface area contributed by atoms with Crippen LogP contribution in [0.15, 0.2) is 9.57 Å². The second kappa shape index (κ2) is 3.05. The predicted octanol–water partition coefficient (Wildman–Crippen LogP) is 1.45. The van der Waals surface area contributed by atoms with Crippen molar-refractivity contribution in [3.63, 3.8) is 0 Å². The van der Waals surface area contributed by atoms with Crippen molar-refractivity contribution in [1.82, 2.24) is 4.31 Å². The van der Waals surface area contributed by atoms with E-state index >= 15 is 0 Å². The molecule has 5 heteroatoms. The minimum Gasteiger partial charge on any atom is -0.270 e. The molecule has 1 atom stereocenters. The van der Waals surface area contributed by atoms with E-state index < -0.39 is 9.92 Å². The van der Waals surface area contributed by atoms with Crippen LogP contribution in [-0.4, -0.2) is 26.1 Å². The van der Waals surface area contributed by atoms with Gasteiger partial charge in [-0.1, -0.05) is 4.47 Å². The van der Waals surface area contributed by atoms with Crippen LogP contribution in [0, 0.1) is 0 Å². The van der Waals surface area contributed by atoms with E-state index in [-0.39, 0.29) is 11.3 Å². The average molecular weight is 189 g/mol. The average Bonchev–Trinajstić information content (AvgIpc) is 2.32. The van der Waals surface area contributed by atoms with Crippen LogP contribution in [0.4, 0.5) is 0 Å². The molecule has 0 amide bonds. The lowest BCUT2D eigenvalue weighted by Crippen LogP contribution is -2.37. The van der Waals surface area contributed by atoms with Crippen LogP contribution in [0.2, 0.25) is 0 Å². The molecule has 1 aliphatic rings. The molecule has 1 heterocycles. The second-order valence-electron chi connectivity index (χ2n) is 3.35. The Kier molecular flexibility index (Phi) is 2.41. The molecule has 0 saturated carbocycles. The molecule has 0 bridgehead atoms. The van der Waals surface area contributed by atoms with Gasteiger partial charge in [-0.2, -0.15) is 0 Å². The maximum Gasteiger partial charge on any atom is 0.157 e. The van der Waals surface area contributed by atoms with Crippen LogP contribution in [0.3, 0.4) is 0 Å². The number of hydrogen-bond acceptors (Lipinski definition) is 3. The third-order valence-corrected chi connectivity index (χ3v) is 4.43. The van der Waals surface area contributed by atoms with Crippen molar-refractivity contribution in [3.8, 4) is 0 Å². The van der Waals surface area contributed by atoms with Crippen molar-refractivity contribution in [3.05, 3.63) is 0 Å². The summed E-state index contributed by atoms with van der Waals surface area (Å²) in [6.45, 7) is 7.76. The SMILES string of the molecule is CC(C)N1C=NN=S1(=O)C(C)C. The molecule has 70 valence electrons. The lowest BCUT2D eigenvalue weighted by atomic mass is 10.4. The van der Waals surface area contributed by atoms with Gasteiger partial charge in [0.25, 0.3) is 0 Å². The molecule has 0 aliphatic carbocycles. The highest BCUT2D eigenvalue weighted by Crippen LogP contribution is 2.18. The Morgan fingerprint density at radius 1 is 1.33 bits per heavy atom. The van der Waals surface area contributed by atoms with Gasteiger partial charge >= 0.3 is 0 Å². The first-order valence-corrected chi connectivity index (χ1v) is 5.59. The molecule has 1 unspecified atom stereocenters. The standard InChI is InChI=1S/C7H15N3OS/c1-6(2)10-5-8-9-12(10,11)7(3)4/h5-7H,1-4H3. The van der Waals surface area contributed by atoms with Crippen molar-refractivity contribution in [1.29, 1.82) is 0 Å². The van der Waals surface area contributed by atoms with Crippen molar-refractivity contribution in [2.24, 2.45) is 9.57 Å². The van der Waals surface area contributed by atoms with Crippen molar-refractivity contribution in [2.45, 2.75) is 39.0 Å². The first-order chi connectivity index (χ1) is 5.48. The van der Waals surface area contributed by atoms with Crippen LogP contribution in [0.1, 0.15) is 27.7 Å². The van der Waals surface area contributed by atoms with E-state index in [1.165, 1.54) is 0 Å². The van der Waals surface area contributed by atoms with E-state index in [0.29, 0.717) is 0 Å². The van der Waals surface area contributed by atoms with Gasteiger partial charge in [0, 0.05) is 6.04 Å². The maximum atomic E-state index is 12.1. The molecule has 0 aromatic carbocycles. The predicted molar refractivity (Wildman–Crippen MR) is 51.2 cm³/mol. The summed E-state index contributed by atoms with van der Waals surface area (Å²) in [5.74, 6) is 0. The van der Waals surface area contributed by atoms with Crippen LogP contribution in [0.5, 0.6) is 0 Å². The lowest BCUT2D eigenvalue weighted by Gasteiger charge is -2.24. The van der Waals surface area contributed by atoms with Crippen LogP contribution < -0.4 is 0 Å². The summed E-state index contributed by atoms with van der Waals surface area (Å²) in [7, 11) is -2.27. The normalized spacial score (nSPS) is 28.7. The molecular formula is C7H15N3OS. The molecule has 4 nitrogen and oxygen atoms in total. The molecule has 0 fully saturated rings. The number of nitrogens with zero attached hydrogens (tertiary/aromatic N) is 3. The summed E-state index contributed by atoms with van der Waals surface area (Å²) in [6, 6.07) is 0.190. The van der Waals surface area contributed by atoms with E-state index in [0.717, 1.165) is 0 Å². The summed E-state index contributed by atoms with van der Waals surface area (Å²) in [6.07, 6.45) is 1.56. The van der Waals surface area contributed by atoms with Crippen LogP contribution in [-0.2, 0) is 9.92 Å². The molecule has 1 rings (SSSR count). The van der Waals surface area contributed by atoms with Crippen molar-refractivity contribution >= 4 is 16.3 Å². The highest BCUT2D eigenvalue weighted by molar-refractivity contribution is 7.92. The lowest BCUT2D eigenvalue weighted by molar-refractivity contribution is 0.521. The van der Waals surface area contributed by atoms with Gasteiger partial charge in [-0.15, -0.1) is 5.10 Å². The first kappa shape index (κ1) is 9.51. The summed E-state index contributed by atoms with van der Waals surface area (Å²) in [4.78, 5) is 0. The summed E-state index contributed by atoms with van der Waals surface area (Å²) < 4.78 is 17.6. The molecule has 0 spiro atoms. The van der Waals surface area contributed by atoms with Crippen LogP contribution in [0.25, 0.3) is 0 Å². The fourth-order valence-electron chi connectivity index (χ4n) is 1.02. The molecular weight excluding hydrogens is 174 g/mol. The fourth-order valence-corrected chi connectivity index (χ4v) is 2.74. The summed E-state index contributed by atoms with van der Waals surface area (Å²) >= 11 is 0. The van der Waals surface area contributed by atoms with Gasteiger partial charge < -0.3 is 0 Å². The smallest absolute Gasteiger partial charge is 0.157 e. The molecule has 12 heavy (non-hydrogen) atoms. The van der Waals surface area contributed by atoms with Gasteiger partial charge in [0.2, 0.25) is 0 Å². The van der Waals surface area contributed by atoms with Gasteiger partial charge in [-0.3, -0.25) is 4.31 Å². The minimum atomic E-state index is -2.27. The zero-order chi connectivity index (χ0) is 9.35. The minimum absolute atomic E-state index is 0.0161. The van der Waals surface area contributed by atoms with E-state index in [1.54, 1.807) is 10.6 Å². The van der Waals surface area contributed by atoms with Crippen LogP contribution >= 0.6 is 0 Å². The second-order valence-corrected chi connectivity index (χ2v) is 5.96. The Balaban J connectivity index is 3.02. The van der Waals surface area contributed by atoms with Gasteiger partial charge in [0.15, 0.2) is 9.92 Å². The molecule has 0 aromatic rings. The van der Waals surface area contributed by atoms with Gasteiger partial charge in [0.05, 0.1) is 5.25 Å². The molecule has 1 aliphatic heterocycles. The molecule has 0 radical (unpaired) electrons. The Labute approximate surface area is 74.0 Å². The van der Waals surface area contributed by atoms with Gasteiger partial charge in [-0.25, -0.2) is 4.21 Å². The first-order valence-electron chi connectivity index (χ1n) is 4.05. The highest BCUT2D eigenvalue weighted by Gasteiger charge is 2.27. The summed E-state index contributed by atoms with van der Waals surface area (Å²) in [5.41, 5.74) is 0. The molecule has 0 saturated heterocycles. The fraction of sp³-hybridized carbons (Fsp3) is 0.857. The van der Waals surface area contributed by atoms with E-state index in [9.17, 15) is 4.21 Å². The van der Waals surface area contributed by atoms with Gasteiger partial charge in [-0.05, 0) is 27.7 Å². The van der Waals surface area contributed by atoms with Crippen molar-refractivity contribution in [2.75, 3.05) is 0 Å². The monoisotopic (exact) mass is 189 g/mol. The maximum absolute atomic E-state index is 12.1. The third-order valence-electron chi connectivity index (χ3n) is 1.75. The topological polar surface area (TPSA) is 45.0 Å². The molecule has 0 N–H and O–H groups in total. The zero-order valence-electron chi connectivity index (χ0n) is 7.89. The van der Waals surface area contributed by atoms with E-state index in [4.69, 9.17) is 0 Å². The zero-order valence-corrected chi connectivity index (χ0v) is 8.71. The van der Waals surface area contributed by atoms with Gasteiger partial charge in [0.1, 0.15) is 6.34 Å². The quantitative estimate of drug-likeness (QED) is 0.648. The Morgan fingerprint density at radius 3 is 2.25 bits per heavy atom. The Morgan fingerprint density at radius 2 is 1.92 bits per heavy atom. The third kappa shape index (κ3) is 1.33. The van der Waals surface area contributed by atoms with E-state index in [2.05, 4.69) is 9.57 Å². The van der Waals surface area contributed by atoms with Crippen molar-refractivity contribution < 1.29 is 4.21 Å². The Bertz CT molecular complexity index is 300. The summed E-state index contributed by atoms with van der Waals surface area (Å²) in [5, 5.41) is 3.73.